The third-order valence-corrected chi connectivity index (χ3v) is 2.48. The van der Waals surface area contributed by atoms with Gasteiger partial charge in [-0.2, -0.15) is 4.98 Å². The monoisotopic (exact) mass is 201 g/mol. The van der Waals surface area contributed by atoms with Crippen LogP contribution >= 0.6 is 0 Å². The van der Waals surface area contributed by atoms with Crippen molar-refractivity contribution >= 4 is 10.9 Å². The molecule has 1 aliphatic rings. The Bertz CT molecular complexity index is 482. The Labute approximate surface area is 87.3 Å². The van der Waals surface area contributed by atoms with Crippen LogP contribution < -0.4 is 10.1 Å². The lowest BCUT2D eigenvalue weighted by molar-refractivity contribution is 0.130. The predicted octanol–water partition coefficient (Wildman–Crippen LogP) is 0.980. The summed E-state index contributed by atoms with van der Waals surface area (Å²) in [6, 6.07) is 8.36. The average Bonchev–Trinajstić information content (AvgIpc) is 2.23. The van der Waals surface area contributed by atoms with E-state index in [0.717, 1.165) is 24.0 Å². The minimum atomic E-state index is 0.228. The van der Waals surface area contributed by atoms with E-state index in [9.17, 15) is 0 Å². The Morgan fingerprint density at radius 2 is 2.13 bits per heavy atom. The van der Waals surface area contributed by atoms with Crippen LogP contribution in [0.2, 0.25) is 0 Å². The fourth-order valence-electron chi connectivity index (χ4n) is 1.51. The molecular formula is C11H11N3O. The van der Waals surface area contributed by atoms with E-state index in [0.29, 0.717) is 6.01 Å². The van der Waals surface area contributed by atoms with Crippen LogP contribution in [0.25, 0.3) is 10.9 Å². The summed E-state index contributed by atoms with van der Waals surface area (Å²) in [7, 11) is 0. The molecule has 0 amide bonds. The predicted molar refractivity (Wildman–Crippen MR) is 56.8 cm³/mol. The number of nitrogens with zero attached hydrogens (tertiary/aromatic N) is 2. The summed E-state index contributed by atoms with van der Waals surface area (Å²) < 4.78 is 5.57. The number of fused-ring (bicyclic) bond motifs is 1. The van der Waals surface area contributed by atoms with E-state index in [2.05, 4.69) is 15.3 Å². The lowest BCUT2D eigenvalue weighted by atomic mass is 10.2. The zero-order valence-electron chi connectivity index (χ0n) is 8.18. The Morgan fingerprint density at radius 1 is 1.27 bits per heavy atom. The highest BCUT2D eigenvalue weighted by atomic mass is 16.5. The minimum Gasteiger partial charge on any atom is -0.457 e. The van der Waals surface area contributed by atoms with Crippen molar-refractivity contribution in [1.82, 2.24) is 15.3 Å². The van der Waals surface area contributed by atoms with Crippen molar-refractivity contribution in [3.05, 3.63) is 30.5 Å². The van der Waals surface area contributed by atoms with Gasteiger partial charge in [-0.1, -0.05) is 18.2 Å². The highest BCUT2D eigenvalue weighted by Crippen LogP contribution is 2.14. The van der Waals surface area contributed by atoms with Gasteiger partial charge in [-0.25, -0.2) is 4.98 Å². The number of benzene rings is 1. The molecular weight excluding hydrogens is 190 g/mol. The van der Waals surface area contributed by atoms with E-state index >= 15 is 0 Å². The normalized spacial score (nSPS) is 16.3. The minimum absolute atomic E-state index is 0.228. The van der Waals surface area contributed by atoms with Gasteiger partial charge in [-0.3, -0.25) is 0 Å². The van der Waals surface area contributed by atoms with Crippen LogP contribution in [0.4, 0.5) is 0 Å². The lowest BCUT2D eigenvalue weighted by Gasteiger charge is -2.26. The molecule has 1 fully saturated rings. The average molecular weight is 201 g/mol. The molecule has 4 nitrogen and oxygen atoms in total. The third kappa shape index (κ3) is 1.64. The molecule has 0 radical (unpaired) electrons. The van der Waals surface area contributed by atoms with E-state index in [1.165, 1.54) is 0 Å². The molecule has 1 N–H and O–H groups in total. The van der Waals surface area contributed by atoms with Crippen molar-refractivity contribution in [2.75, 3.05) is 13.1 Å². The van der Waals surface area contributed by atoms with Gasteiger partial charge >= 0.3 is 6.01 Å². The molecule has 76 valence electrons. The Kier molecular flexibility index (Phi) is 1.99. The second kappa shape index (κ2) is 3.47. The molecule has 1 aromatic carbocycles. The maximum Gasteiger partial charge on any atom is 0.317 e. The van der Waals surface area contributed by atoms with Gasteiger partial charge in [0, 0.05) is 24.7 Å². The fourth-order valence-corrected chi connectivity index (χ4v) is 1.51. The van der Waals surface area contributed by atoms with Crippen LogP contribution in [0, 0.1) is 0 Å². The quantitative estimate of drug-likeness (QED) is 0.786. The van der Waals surface area contributed by atoms with Crippen molar-refractivity contribution in [1.29, 1.82) is 0 Å². The third-order valence-electron chi connectivity index (χ3n) is 2.48. The zero-order chi connectivity index (χ0) is 10.1. The summed E-state index contributed by atoms with van der Waals surface area (Å²) in [5.74, 6) is 0. The number of aromatic nitrogens is 2. The standard InChI is InChI=1S/C11H11N3O/c1-2-4-10-8(3-1)5-13-11(14-10)15-9-6-12-7-9/h1-5,9,12H,6-7H2. The molecule has 0 spiro atoms. The van der Waals surface area contributed by atoms with E-state index < -0.39 is 0 Å². The second-order valence-corrected chi connectivity index (χ2v) is 3.61. The van der Waals surface area contributed by atoms with Gasteiger partial charge in [0.15, 0.2) is 0 Å². The largest absolute Gasteiger partial charge is 0.457 e. The Morgan fingerprint density at radius 3 is 2.93 bits per heavy atom. The smallest absolute Gasteiger partial charge is 0.317 e. The van der Waals surface area contributed by atoms with Gasteiger partial charge in [-0.15, -0.1) is 0 Å². The van der Waals surface area contributed by atoms with Gasteiger partial charge in [0.2, 0.25) is 0 Å². The van der Waals surface area contributed by atoms with Gasteiger partial charge in [0.05, 0.1) is 5.52 Å². The first kappa shape index (κ1) is 8.61. The molecule has 3 rings (SSSR count). The molecule has 1 saturated heterocycles. The highest BCUT2D eigenvalue weighted by Gasteiger charge is 2.19. The van der Waals surface area contributed by atoms with Gasteiger partial charge < -0.3 is 10.1 Å². The van der Waals surface area contributed by atoms with Gasteiger partial charge in [-0.05, 0) is 6.07 Å². The number of nitrogens with one attached hydrogen (secondary N) is 1. The molecule has 0 atom stereocenters. The van der Waals surface area contributed by atoms with Crippen LogP contribution in [0.1, 0.15) is 0 Å². The molecule has 4 heteroatoms. The summed E-state index contributed by atoms with van der Waals surface area (Å²) in [5, 5.41) is 4.18. The van der Waals surface area contributed by atoms with E-state index in [1.54, 1.807) is 6.20 Å². The molecule has 1 aliphatic heterocycles. The molecule has 0 saturated carbocycles. The summed E-state index contributed by atoms with van der Waals surface area (Å²) >= 11 is 0. The van der Waals surface area contributed by atoms with E-state index in [-0.39, 0.29) is 6.10 Å². The molecule has 0 unspecified atom stereocenters. The first-order valence-corrected chi connectivity index (χ1v) is 5.01. The number of rotatable bonds is 2. The maximum absolute atomic E-state index is 5.57. The summed E-state index contributed by atoms with van der Waals surface area (Å²) in [5.41, 5.74) is 0.926. The maximum atomic E-state index is 5.57. The van der Waals surface area contributed by atoms with Crippen molar-refractivity contribution in [3.63, 3.8) is 0 Å². The Balaban J connectivity index is 1.91. The Hall–Kier alpha value is -1.68. The SMILES string of the molecule is c1ccc2nc(OC3CNC3)ncc2c1. The summed E-state index contributed by atoms with van der Waals surface area (Å²) in [4.78, 5) is 8.50. The first-order chi connectivity index (χ1) is 7.42. The summed E-state index contributed by atoms with van der Waals surface area (Å²) in [6.45, 7) is 1.77. The van der Waals surface area contributed by atoms with Crippen molar-refractivity contribution in [2.24, 2.45) is 0 Å². The zero-order valence-corrected chi connectivity index (χ0v) is 8.18. The van der Waals surface area contributed by atoms with Crippen LogP contribution in [0.15, 0.2) is 30.5 Å². The number of hydrogen-bond acceptors (Lipinski definition) is 4. The first-order valence-electron chi connectivity index (χ1n) is 5.01. The molecule has 15 heavy (non-hydrogen) atoms. The number of para-hydroxylation sites is 1. The summed E-state index contributed by atoms with van der Waals surface area (Å²) in [6.07, 6.45) is 2.02. The second-order valence-electron chi connectivity index (χ2n) is 3.61. The lowest BCUT2D eigenvalue weighted by Crippen LogP contribution is -2.50. The van der Waals surface area contributed by atoms with Crippen molar-refractivity contribution in [2.45, 2.75) is 6.10 Å². The molecule has 2 aromatic rings. The van der Waals surface area contributed by atoms with Crippen molar-refractivity contribution in [3.8, 4) is 6.01 Å². The van der Waals surface area contributed by atoms with E-state index in [4.69, 9.17) is 4.74 Å². The van der Waals surface area contributed by atoms with Crippen LogP contribution in [-0.2, 0) is 0 Å². The highest BCUT2D eigenvalue weighted by molar-refractivity contribution is 5.77. The van der Waals surface area contributed by atoms with Crippen LogP contribution in [0.5, 0.6) is 6.01 Å². The van der Waals surface area contributed by atoms with Gasteiger partial charge in [0.25, 0.3) is 0 Å². The molecule has 0 bridgehead atoms. The van der Waals surface area contributed by atoms with Crippen LogP contribution in [0.3, 0.4) is 0 Å². The number of ether oxygens (including phenoxy) is 1. The molecule has 0 aliphatic carbocycles. The molecule has 2 heterocycles. The van der Waals surface area contributed by atoms with Crippen molar-refractivity contribution < 1.29 is 4.74 Å². The van der Waals surface area contributed by atoms with E-state index in [1.807, 2.05) is 24.3 Å². The topological polar surface area (TPSA) is 47.0 Å². The van der Waals surface area contributed by atoms with Gasteiger partial charge in [0.1, 0.15) is 6.10 Å². The fraction of sp³-hybridized carbons (Fsp3) is 0.273. The molecule has 1 aromatic heterocycles. The van der Waals surface area contributed by atoms with Crippen LogP contribution in [-0.4, -0.2) is 29.2 Å². The number of hydrogen-bond donors (Lipinski definition) is 1.